The molecule has 2 heterocycles. The predicted octanol–water partition coefficient (Wildman–Crippen LogP) is 3.57. The first-order valence-corrected chi connectivity index (χ1v) is 8.21. The Morgan fingerprint density at radius 3 is 2.89 bits per heavy atom. The van der Waals surface area contributed by atoms with Gasteiger partial charge in [-0.25, -0.2) is 14.2 Å². The minimum atomic E-state index is -0.749. The van der Waals surface area contributed by atoms with E-state index in [-0.39, 0.29) is 16.5 Å². The fourth-order valence-corrected chi connectivity index (χ4v) is 2.68. The number of imidazole rings is 1. The van der Waals surface area contributed by atoms with Crippen molar-refractivity contribution in [1.29, 1.82) is 0 Å². The van der Waals surface area contributed by atoms with Crippen LogP contribution in [0.15, 0.2) is 48.7 Å². The van der Waals surface area contributed by atoms with Crippen LogP contribution in [-0.4, -0.2) is 34.9 Å². The number of esters is 1. The van der Waals surface area contributed by atoms with Gasteiger partial charge < -0.3 is 9.47 Å². The van der Waals surface area contributed by atoms with Crippen LogP contribution < -0.4 is 4.74 Å². The van der Waals surface area contributed by atoms with Gasteiger partial charge in [0.05, 0.1) is 18.4 Å². The summed E-state index contributed by atoms with van der Waals surface area (Å²) in [7, 11) is 1.36. The zero-order chi connectivity index (χ0) is 19.4. The molecule has 0 N–H and O–H groups in total. The van der Waals surface area contributed by atoms with Crippen molar-refractivity contribution in [2.24, 2.45) is 0 Å². The van der Waals surface area contributed by atoms with E-state index in [1.54, 1.807) is 22.7 Å². The van der Waals surface area contributed by atoms with Gasteiger partial charge in [0.25, 0.3) is 0 Å². The number of methoxy groups -OCH3 is 1. The molecule has 3 aromatic rings. The number of hydrogen-bond acceptors (Lipinski definition) is 5. The van der Waals surface area contributed by atoms with E-state index in [1.165, 1.54) is 25.3 Å². The summed E-state index contributed by atoms with van der Waals surface area (Å²) in [5, 5.41) is 0.228. The number of halogens is 2. The molecule has 2 aromatic heterocycles. The summed E-state index contributed by atoms with van der Waals surface area (Å²) in [6.07, 6.45) is 4.33. The Bertz CT molecular complexity index is 1050. The molecule has 138 valence electrons. The Hall–Kier alpha value is -3.19. The van der Waals surface area contributed by atoms with Gasteiger partial charge in [0, 0.05) is 12.3 Å². The quantitative estimate of drug-likeness (QED) is 0.367. The van der Waals surface area contributed by atoms with Crippen molar-refractivity contribution in [1.82, 2.24) is 9.38 Å². The van der Waals surface area contributed by atoms with Crippen molar-refractivity contribution in [3.8, 4) is 5.75 Å². The second-order valence-corrected chi connectivity index (χ2v) is 5.78. The minimum Gasteiger partial charge on any atom is -0.496 e. The normalized spacial score (nSPS) is 11.1. The number of carbonyl (C=O) groups excluding carboxylic acids is 2. The molecule has 0 aliphatic heterocycles. The van der Waals surface area contributed by atoms with E-state index < -0.39 is 24.2 Å². The molecule has 0 spiro atoms. The number of rotatable bonds is 6. The van der Waals surface area contributed by atoms with Crippen LogP contribution in [0.4, 0.5) is 4.39 Å². The Labute approximate surface area is 158 Å². The molecule has 6 nitrogen and oxygen atoms in total. The molecule has 0 saturated carbocycles. The number of nitrogens with zero attached hydrogens (tertiary/aromatic N) is 2. The van der Waals surface area contributed by atoms with Crippen LogP contribution in [0, 0.1) is 5.82 Å². The summed E-state index contributed by atoms with van der Waals surface area (Å²) < 4.78 is 25.0. The number of hydrogen-bond donors (Lipinski definition) is 0. The molecule has 0 aliphatic carbocycles. The van der Waals surface area contributed by atoms with Gasteiger partial charge in [0.1, 0.15) is 17.2 Å². The van der Waals surface area contributed by atoms with Crippen molar-refractivity contribution in [3.63, 3.8) is 0 Å². The van der Waals surface area contributed by atoms with E-state index in [1.807, 2.05) is 6.07 Å². The third-order valence-electron chi connectivity index (χ3n) is 3.71. The lowest BCUT2D eigenvalue weighted by Gasteiger charge is -2.07. The van der Waals surface area contributed by atoms with Crippen LogP contribution in [0.5, 0.6) is 5.75 Å². The highest BCUT2D eigenvalue weighted by molar-refractivity contribution is 6.31. The van der Waals surface area contributed by atoms with Crippen LogP contribution in [0.2, 0.25) is 5.15 Å². The highest BCUT2D eigenvalue weighted by atomic mass is 35.5. The topological polar surface area (TPSA) is 69.9 Å². The fraction of sp³-hybridized carbons (Fsp3) is 0.105. The second kappa shape index (κ2) is 8.01. The standard InChI is InChI=1S/C19H14ClFN2O4/c1-26-16-7-5-12(21)10-13(16)15(24)11-27-18(25)8-6-14-19(20)22-17-4-2-3-9-23(14)17/h2-10H,11H2,1H3/b8-6+. The second-order valence-electron chi connectivity index (χ2n) is 5.43. The predicted molar refractivity (Wildman–Crippen MR) is 97.5 cm³/mol. The van der Waals surface area contributed by atoms with Gasteiger partial charge >= 0.3 is 5.97 Å². The Morgan fingerprint density at radius 2 is 2.11 bits per heavy atom. The van der Waals surface area contributed by atoms with Gasteiger partial charge in [-0.2, -0.15) is 0 Å². The summed E-state index contributed by atoms with van der Waals surface area (Å²) in [5.41, 5.74) is 1.13. The first-order chi connectivity index (χ1) is 13.0. The van der Waals surface area contributed by atoms with Crippen molar-refractivity contribution < 1.29 is 23.5 Å². The Kier molecular flexibility index (Phi) is 5.52. The van der Waals surface area contributed by atoms with Gasteiger partial charge in [-0.05, 0) is 36.4 Å². The zero-order valence-electron chi connectivity index (χ0n) is 14.2. The Balaban J connectivity index is 1.68. The molecule has 27 heavy (non-hydrogen) atoms. The number of ketones is 1. The maximum Gasteiger partial charge on any atom is 0.331 e. The van der Waals surface area contributed by atoms with E-state index in [0.717, 1.165) is 12.1 Å². The third kappa shape index (κ3) is 4.15. The summed E-state index contributed by atoms with van der Waals surface area (Å²) >= 11 is 6.07. The van der Waals surface area contributed by atoms with Crippen LogP contribution in [-0.2, 0) is 9.53 Å². The first kappa shape index (κ1) is 18.6. The van der Waals surface area contributed by atoms with E-state index in [2.05, 4.69) is 4.98 Å². The molecule has 0 saturated heterocycles. The van der Waals surface area contributed by atoms with Gasteiger partial charge in [0.2, 0.25) is 5.78 Å². The number of ether oxygens (including phenoxy) is 2. The van der Waals surface area contributed by atoms with E-state index in [4.69, 9.17) is 21.1 Å². The van der Waals surface area contributed by atoms with Gasteiger partial charge in [-0.15, -0.1) is 0 Å². The molecule has 3 rings (SSSR count). The average Bonchev–Trinajstić information content (AvgIpc) is 2.99. The minimum absolute atomic E-state index is 0.000826. The van der Waals surface area contributed by atoms with Gasteiger partial charge in [-0.3, -0.25) is 9.20 Å². The highest BCUT2D eigenvalue weighted by Gasteiger charge is 2.15. The summed E-state index contributed by atoms with van der Waals surface area (Å²) in [5.74, 6) is -1.72. The summed E-state index contributed by atoms with van der Waals surface area (Å²) in [4.78, 5) is 28.2. The van der Waals surface area contributed by atoms with Crippen LogP contribution in [0.25, 0.3) is 11.7 Å². The molecular weight excluding hydrogens is 375 g/mol. The number of aromatic nitrogens is 2. The highest BCUT2D eigenvalue weighted by Crippen LogP contribution is 2.20. The van der Waals surface area contributed by atoms with Crippen LogP contribution in [0.1, 0.15) is 16.1 Å². The summed E-state index contributed by atoms with van der Waals surface area (Å²) in [6, 6.07) is 8.91. The van der Waals surface area contributed by atoms with Crippen molar-refractivity contribution in [2.45, 2.75) is 0 Å². The van der Waals surface area contributed by atoms with E-state index in [0.29, 0.717) is 11.3 Å². The molecule has 0 radical (unpaired) electrons. The lowest BCUT2D eigenvalue weighted by Crippen LogP contribution is -2.13. The molecule has 0 aliphatic rings. The summed E-state index contributed by atoms with van der Waals surface area (Å²) in [6.45, 7) is -0.552. The molecule has 8 heteroatoms. The number of Topliss-reactive ketones (excluding diaryl/α,β-unsaturated/α-hetero) is 1. The van der Waals surface area contributed by atoms with Gasteiger partial charge in [0.15, 0.2) is 11.8 Å². The third-order valence-corrected chi connectivity index (χ3v) is 3.98. The monoisotopic (exact) mass is 388 g/mol. The molecule has 0 bridgehead atoms. The fourth-order valence-electron chi connectivity index (χ4n) is 2.44. The van der Waals surface area contributed by atoms with Crippen molar-refractivity contribution >= 4 is 35.1 Å². The van der Waals surface area contributed by atoms with E-state index >= 15 is 0 Å². The number of pyridine rings is 1. The molecule has 1 aromatic carbocycles. The largest absolute Gasteiger partial charge is 0.496 e. The van der Waals surface area contributed by atoms with Crippen molar-refractivity contribution in [3.05, 3.63) is 70.9 Å². The molecular formula is C19H14ClFN2O4. The van der Waals surface area contributed by atoms with E-state index in [9.17, 15) is 14.0 Å². The smallest absolute Gasteiger partial charge is 0.331 e. The lowest BCUT2D eigenvalue weighted by atomic mass is 10.1. The van der Waals surface area contributed by atoms with Crippen molar-refractivity contribution in [2.75, 3.05) is 13.7 Å². The SMILES string of the molecule is COc1ccc(F)cc1C(=O)COC(=O)/C=C/c1c(Cl)nc2ccccn12. The maximum atomic E-state index is 13.3. The molecule has 0 atom stereocenters. The first-order valence-electron chi connectivity index (χ1n) is 7.83. The molecule has 0 unspecified atom stereocenters. The maximum absolute atomic E-state index is 13.3. The number of fused-ring (bicyclic) bond motifs is 1. The van der Waals surface area contributed by atoms with Crippen LogP contribution in [0.3, 0.4) is 0 Å². The van der Waals surface area contributed by atoms with Crippen LogP contribution >= 0.6 is 11.6 Å². The molecule has 0 amide bonds. The zero-order valence-corrected chi connectivity index (χ0v) is 14.9. The lowest BCUT2D eigenvalue weighted by molar-refractivity contribution is -0.136. The average molecular weight is 389 g/mol. The van der Waals surface area contributed by atoms with Gasteiger partial charge in [-0.1, -0.05) is 17.7 Å². The molecule has 0 fully saturated rings. The Morgan fingerprint density at radius 1 is 1.30 bits per heavy atom. The number of benzene rings is 1. The number of carbonyl (C=O) groups is 2.